The molecule has 164 valence electrons. The number of likely N-dealkylation sites (tertiary alicyclic amines) is 1. The first kappa shape index (κ1) is 21.1. The minimum atomic E-state index is 0.109. The van der Waals surface area contributed by atoms with Crippen LogP contribution >= 0.6 is 0 Å². The lowest BCUT2D eigenvalue weighted by atomic mass is 9.89. The van der Waals surface area contributed by atoms with Crippen LogP contribution in [0.4, 0.5) is 0 Å². The summed E-state index contributed by atoms with van der Waals surface area (Å²) < 4.78 is 2.00. The zero-order valence-electron chi connectivity index (χ0n) is 18.3. The topological polar surface area (TPSA) is 61.7 Å². The molecule has 30 heavy (non-hydrogen) atoms. The minimum Gasteiger partial charge on any atom is -0.340 e. The van der Waals surface area contributed by atoms with Gasteiger partial charge in [0.15, 0.2) is 5.69 Å². The summed E-state index contributed by atoms with van der Waals surface area (Å²) in [4.78, 5) is 31.5. The highest BCUT2D eigenvalue weighted by Gasteiger charge is 2.34. The number of amides is 2. The van der Waals surface area contributed by atoms with E-state index in [1.807, 2.05) is 20.6 Å². The van der Waals surface area contributed by atoms with Gasteiger partial charge in [-0.1, -0.05) is 18.9 Å². The third-order valence-electron chi connectivity index (χ3n) is 6.99. The Kier molecular flexibility index (Phi) is 6.56. The minimum absolute atomic E-state index is 0.109. The standard InChI is InChI=1S/C23H35N5O2/c1-3-10-28-21-9-8-19(26-15-13-25(14-16-26)18(2)29)17-20(21)22(24-28)23(30)27-11-6-4-5-7-12-27/h3,19H,1,4-17H2,2H3/t19-/m1/s1. The van der Waals surface area contributed by atoms with Crippen LogP contribution < -0.4 is 0 Å². The number of allylic oxidation sites excluding steroid dienone is 1. The van der Waals surface area contributed by atoms with Gasteiger partial charge in [0.1, 0.15) is 0 Å². The predicted molar refractivity (Wildman–Crippen MR) is 116 cm³/mol. The molecular weight excluding hydrogens is 378 g/mol. The number of carbonyl (C=O) groups is 2. The summed E-state index contributed by atoms with van der Waals surface area (Å²) in [5, 5.41) is 4.78. The number of fused-ring (bicyclic) bond motifs is 1. The van der Waals surface area contributed by atoms with E-state index in [-0.39, 0.29) is 11.8 Å². The van der Waals surface area contributed by atoms with E-state index in [1.165, 1.54) is 18.5 Å². The van der Waals surface area contributed by atoms with Gasteiger partial charge in [-0.05, 0) is 32.1 Å². The first-order valence-electron chi connectivity index (χ1n) is 11.6. The molecule has 4 rings (SSSR count). The first-order chi connectivity index (χ1) is 14.6. The Morgan fingerprint density at radius 2 is 1.73 bits per heavy atom. The summed E-state index contributed by atoms with van der Waals surface area (Å²) in [5.41, 5.74) is 3.03. The summed E-state index contributed by atoms with van der Waals surface area (Å²) in [6.45, 7) is 11.3. The van der Waals surface area contributed by atoms with Crippen LogP contribution in [0.3, 0.4) is 0 Å². The largest absolute Gasteiger partial charge is 0.340 e. The summed E-state index contributed by atoms with van der Waals surface area (Å²) in [5.74, 6) is 0.273. The van der Waals surface area contributed by atoms with Gasteiger partial charge in [0, 0.05) is 63.5 Å². The molecule has 2 fully saturated rings. The fourth-order valence-electron chi connectivity index (χ4n) is 5.25. The van der Waals surface area contributed by atoms with Crippen molar-refractivity contribution < 1.29 is 9.59 Å². The van der Waals surface area contributed by atoms with Crippen molar-refractivity contribution in [1.29, 1.82) is 0 Å². The smallest absolute Gasteiger partial charge is 0.274 e. The van der Waals surface area contributed by atoms with E-state index < -0.39 is 0 Å². The highest BCUT2D eigenvalue weighted by atomic mass is 16.2. The van der Waals surface area contributed by atoms with Gasteiger partial charge in [-0.15, -0.1) is 6.58 Å². The molecule has 3 aliphatic rings. The fourth-order valence-corrected chi connectivity index (χ4v) is 5.25. The lowest BCUT2D eigenvalue weighted by Gasteiger charge is -2.40. The van der Waals surface area contributed by atoms with Crippen LogP contribution in [0.15, 0.2) is 12.7 Å². The Morgan fingerprint density at radius 3 is 2.37 bits per heavy atom. The molecule has 2 amide bonds. The second-order valence-corrected chi connectivity index (χ2v) is 8.89. The van der Waals surface area contributed by atoms with Gasteiger partial charge in [-0.3, -0.25) is 19.2 Å². The number of rotatable bonds is 4. The number of aromatic nitrogens is 2. The van der Waals surface area contributed by atoms with E-state index in [0.29, 0.717) is 18.3 Å². The molecule has 0 bridgehead atoms. The van der Waals surface area contributed by atoms with Crippen molar-refractivity contribution in [3.63, 3.8) is 0 Å². The predicted octanol–water partition coefficient (Wildman–Crippen LogP) is 2.11. The van der Waals surface area contributed by atoms with Crippen molar-refractivity contribution in [2.24, 2.45) is 0 Å². The van der Waals surface area contributed by atoms with Gasteiger partial charge in [-0.25, -0.2) is 0 Å². The van der Waals surface area contributed by atoms with Crippen LogP contribution in [0.2, 0.25) is 0 Å². The molecule has 0 radical (unpaired) electrons. The highest BCUT2D eigenvalue weighted by Crippen LogP contribution is 2.29. The lowest BCUT2D eigenvalue weighted by molar-refractivity contribution is -0.130. The molecule has 0 saturated carbocycles. The number of carbonyl (C=O) groups excluding carboxylic acids is 2. The average Bonchev–Trinajstić information content (AvgIpc) is 2.92. The fraction of sp³-hybridized carbons (Fsp3) is 0.696. The molecular formula is C23H35N5O2. The van der Waals surface area contributed by atoms with Gasteiger partial charge in [-0.2, -0.15) is 5.10 Å². The van der Waals surface area contributed by atoms with E-state index in [2.05, 4.69) is 11.5 Å². The van der Waals surface area contributed by atoms with Crippen molar-refractivity contribution in [3.8, 4) is 0 Å². The van der Waals surface area contributed by atoms with Crippen LogP contribution in [-0.2, 0) is 24.2 Å². The van der Waals surface area contributed by atoms with Crippen molar-refractivity contribution in [2.75, 3.05) is 39.3 Å². The van der Waals surface area contributed by atoms with Crippen LogP contribution in [0, 0.1) is 0 Å². The van der Waals surface area contributed by atoms with Crippen LogP contribution in [0.5, 0.6) is 0 Å². The maximum atomic E-state index is 13.4. The Hall–Kier alpha value is -2.15. The van der Waals surface area contributed by atoms with E-state index in [0.717, 1.165) is 76.9 Å². The maximum Gasteiger partial charge on any atom is 0.274 e. The van der Waals surface area contributed by atoms with Crippen LogP contribution in [0.25, 0.3) is 0 Å². The second kappa shape index (κ2) is 9.33. The number of hydrogen-bond acceptors (Lipinski definition) is 4. The summed E-state index contributed by atoms with van der Waals surface area (Å²) in [7, 11) is 0. The molecule has 2 saturated heterocycles. The van der Waals surface area contributed by atoms with Crippen LogP contribution in [0.1, 0.15) is 60.8 Å². The summed E-state index contributed by atoms with van der Waals surface area (Å²) >= 11 is 0. The third kappa shape index (κ3) is 4.31. The Balaban J connectivity index is 1.53. The molecule has 1 aliphatic carbocycles. The molecule has 1 aromatic heterocycles. The Labute approximate surface area is 179 Å². The zero-order valence-corrected chi connectivity index (χ0v) is 18.3. The van der Waals surface area contributed by atoms with Crippen LogP contribution in [-0.4, -0.2) is 81.6 Å². The molecule has 0 N–H and O–H groups in total. The van der Waals surface area contributed by atoms with Crippen molar-refractivity contribution in [2.45, 2.75) is 64.5 Å². The van der Waals surface area contributed by atoms with E-state index in [9.17, 15) is 9.59 Å². The van der Waals surface area contributed by atoms with E-state index in [1.54, 1.807) is 6.92 Å². The van der Waals surface area contributed by atoms with Gasteiger partial charge in [0.2, 0.25) is 5.91 Å². The molecule has 2 aliphatic heterocycles. The van der Waals surface area contributed by atoms with Gasteiger partial charge in [0.05, 0.1) is 6.54 Å². The zero-order chi connectivity index (χ0) is 21.1. The lowest BCUT2D eigenvalue weighted by Crippen LogP contribution is -2.52. The van der Waals surface area contributed by atoms with Crippen molar-refractivity contribution in [1.82, 2.24) is 24.5 Å². The van der Waals surface area contributed by atoms with Gasteiger partial charge >= 0.3 is 0 Å². The molecule has 7 nitrogen and oxygen atoms in total. The molecule has 1 atom stereocenters. The van der Waals surface area contributed by atoms with E-state index in [4.69, 9.17) is 5.10 Å². The molecule has 0 spiro atoms. The maximum absolute atomic E-state index is 13.4. The Bertz CT molecular complexity index is 786. The third-order valence-corrected chi connectivity index (χ3v) is 6.99. The monoisotopic (exact) mass is 413 g/mol. The first-order valence-corrected chi connectivity index (χ1v) is 11.6. The molecule has 1 aromatic rings. The highest BCUT2D eigenvalue weighted by molar-refractivity contribution is 5.94. The molecule has 7 heteroatoms. The quantitative estimate of drug-likeness (QED) is 0.710. The summed E-state index contributed by atoms with van der Waals surface area (Å²) in [6.07, 6.45) is 9.35. The molecule has 0 aromatic carbocycles. The van der Waals surface area contributed by atoms with Crippen molar-refractivity contribution in [3.05, 3.63) is 29.6 Å². The van der Waals surface area contributed by atoms with Gasteiger partial charge < -0.3 is 9.80 Å². The van der Waals surface area contributed by atoms with Crippen molar-refractivity contribution >= 4 is 11.8 Å². The number of nitrogens with zero attached hydrogens (tertiary/aromatic N) is 5. The molecule has 3 heterocycles. The number of hydrogen-bond donors (Lipinski definition) is 0. The van der Waals surface area contributed by atoms with Gasteiger partial charge in [0.25, 0.3) is 5.91 Å². The molecule has 0 unspecified atom stereocenters. The second-order valence-electron chi connectivity index (χ2n) is 8.89. The van der Waals surface area contributed by atoms with E-state index >= 15 is 0 Å². The summed E-state index contributed by atoms with van der Waals surface area (Å²) in [6, 6.07) is 0.420. The average molecular weight is 414 g/mol. The normalized spacial score (nSPS) is 23.0. The Morgan fingerprint density at radius 1 is 1.03 bits per heavy atom. The number of piperazine rings is 1. The SMILES string of the molecule is C=CCn1nc(C(=O)N2CCCCCC2)c2c1CC[C@@H](N1CCN(C(C)=O)CC1)C2.